The Morgan fingerprint density at radius 3 is 2.83 bits per heavy atom. The van der Waals surface area contributed by atoms with Gasteiger partial charge in [0.1, 0.15) is 12.0 Å². The number of aromatic nitrogens is 2. The molecule has 0 amide bonds. The number of anilines is 2. The van der Waals surface area contributed by atoms with Crippen LogP contribution in [0, 0.1) is 5.92 Å². The van der Waals surface area contributed by atoms with Crippen LogP contribution in [0.15, 0.2) is 6.33 Å². The van der Waals surface area contributed by atoms with Crippen molar-refractivity contribution in [3.05, 3.63) is 6.33 Å². The minimum Gasteiger partial charge on any atom is -0.479 e. The Hall–Kier alpha value is -1.52. The van der Waals surface area contributed by atoms with Gasteiger partial charge in [-0.25, -0.2) is 4.98 Å². The Balaban J connectivity index is 2.20. The molecule has 1 aliphatic rings. The molecule has 2 N–H and O–H groups in total. The molecular weight excluding hydrogens is 228 g/mol. The van der Waals surface area contributed by atoms with Gasteiger partial charge in [-0.3, -0.25) is 0 Å². The van der Waals surface area contributed by atoms with Gasteiger partial charge in [0.25, 0.3) is 0 Å². The zero-order chi connectivity index (χ0) is 13.1. The maximum atomic E-state index is 6.04. The van der Waals surface area contributed by atoms with Gasteiger partial charge in [0.15, 0.2) is 5.82 Å². The SMILES string of the molecule is COc1ncnc(N(C)C2CCCC(C)C2)c1N. The molecular formula is C13H22N4O. The normalized spacial score (nSPS) is 23.7. The van der Waals surface area contributed by atoms with Gasteiger partial charge in [0.05, 0.1) is 7.11 Å². The van der Waals surface area contributed by atoms with Gasteiger partial charge in [-0.2, -0.15) is 4.98 Å². The first-order valence-electron chi connectivity index (χ1n) is 6.50. The zero-order valence-electron chi connectivity index (χ0n) is 11.4. The molecule has 2 rings (SSSR count). The summed E-state index contributed by atoms with van der Waals surface area (Å²) in [6.07, 6.45) is 6.51. The molecule has 5 heteroatoms. The van der Waals surface area contributed by atoms with Crippen molar-refractivity contribution >= 4 is 11.5 Å². The van der Waals surface area contributed by atoms with Crippen LogP contribution in [0.1, 0.15) is 32.6 Å². The highest BCUT2D eigenvalue weighted by Gasteiger charge is 2.25. The van der Waals surface area contributed by atoms with Gasteiger partial charge in [-0.15, -0.1) is 0 Å². The molecule has 0 bridgehead atoms. The average Bonchev–Trinajstić information content (AvgIpc) is 2.38. The molecule has 0 aliphatic heterocycles. The van der Waals surface area contributed by atoms with Crippen LogP contribution >= 0.6 is 0 Å². The van der Waals surface area contributed by atoms with Gasteiger partial charge in [-0.1, -0.05) is 19.8 Å². The van der Waals surface area contributed by atoms with Crippen LogP contribution in [0.25, 0.3) is 0 Å². The van der Waals surface area contributed by atoms with Crippen molar-refractivity contribution in [2.75, 3.05) is 24.8 Å². The van der Waals surface area contributed by atoms with E-state index in [0.717, 1.165) is 11.7 Å². The predicted molar refractivity (Wildman–Crippen MR) is 72.8 cm³/mol. The van der Waals surface area contributed by atoms with Crippen molar-refractivity contribution in [2.24, 2.45) is 5.92 Å². The summed E-state index contributed by atoms with van der Waals surface area (Å²) in [6.45, 7) is 2.31. The molecule has 0 spiro atoms. The fourth-order valence-corrected chi connectivity index (χ4v) is 2.74. The van der Waals surface area contributed by atoms with E-state index < -0.39 is 0 Å². The summed E-state index contributed by atoms with van der Waals surface area (Å²) in [4.78, 5) is 10.5. The molecule has 1 saturated carbocycles. The van der Waals surface area contributed by atoms with E-state index in [0.29, 0.717) is 17.6 Å². The van der Waals surface area contributed by atoms with E-state index in [1.807, 2.05) is 0 Å². The molecule has 1 fully saturated rings. The maximum Gasteiger partial charge on any atom is 0.242 e. The first kappa shape index (κ1) is 12.9. The second-order valence-corrected chi connectivity index (χ2v) is 5.16. The topological polar surface area (TPSA) is 64.3 Å². The van der Waals surface area contributed by atoms with Crippen LogP contribution in [0.2, 0.25) is 0 Å². The number of nitrogens with zero attached hydrogens (tertiary/aromatic N) is 3. The molecule has 100 valence electrons. The summed E-state index contributed by atoms with van der Waals surface area (Å²) >= 11 is 0. The molecule has 2 unspecified atom stereocenters. The fraction of sp³-hybridized carbons (Fsp3) is 0.692. The summed E-state index contributed by atoms with van der Waals surface area (Å²) < 4.78 is 5.14. The van der Waals surface area contributed by atoms with Crippen LogP contribution in [0.5, 0.6) is 5.88 Å². The molecule has 1 aromatic rings. The number of rotatable bonds is 3. The molecule has 1 aliphatic carbocycles. The third kappa shape index (κ3) is 2.49. The number of methoxy groups -OCH3 is 1. The highest BCUT2D eigenvalue weighted by Crippen LogP contribution is 2.33. The standard InChI is InChI=1S/C13H22N4O/c1-9-5-4-6-10(7-9)17(2)12-11(14)13(18-3)16-8-15-12/h8-10H,4-7,14H2,1-3H3. The van der Waals surface area contributed by atoms with Gasteiger partial charge in [0.2, 0.25) is 5.88 Å². The summed E-state index contributed by atoms with van der Waals surface area (Å²) in [7, 11) is 3.63. The van der Waals surface area contributed by atoms with Crippen LogP contribution in [0.4, 0.5) is 11.5 Å². The Morgan fingerprint density at radius 1 is 1.39 bits per heavy atom. The second kappa shape index (κ2) is 5.42. The van der Waals surface area contributed by atoms with E-state index in [2.05, 4.69) is 28.8 Å². The van der Waals surface area contributed by atoms with Crippen LogP contribution in [-0.4, -0.2) is 30.2 Å². The molecule has 2 atom stereocenters. The maximum absolute atomic E-state index is 6.04. The molecule has 0 saturated heterocycles. The lowest BCUT2D eigenvalue weighted by Crippen LogP contribution is -2.36. The number of ether oxygens (including phenoxy) is 1. The molecule has 1 heterocycles. The summed E-state index contributed by atoms with van der Waals surface area (Å²) in [6, 6.07) is 0.510. The van der Waals surface area contributed by atoms with E-state index >= 15 is 0 Å². The van der Waals surface area contributed by atoms with E-state index in [4.69, 9.17) is 10.5 Å². The Kier molecular flexibility index (Phi) is 3.89. The quantitative estimate of drug-likeness (QED) is 0.889. The van der Waals surface area contributed by atoms with Crippen molar-refractivity contribution in [3.63, 3.8) is 0 Å². The Labute approximate surface area is 108 Å². The van der Waals surface area contributed by atoms with Gasteiger partial charge < -0.3 is 15.4 Å². The molecule has 18 heavy (non-hydrogen) atoms. The van der Waals surface area contributed by atoms with Crippen molar-refractivity contribution < 1.29 is 4.74 Å². The third-order valence-corrected chi connectivity index (χ3v) is 3.81. The largest absolute Gasteiger partial charge is 0.479 e. The van der Waals surface area contributed by atoms with Crippen molar-refractivity contribution in [3.8, 4) is 5.88 Å². The highest BCUT2D eigenvalue weighted by molar-refractivity contribution is 5.67. The monoisotopic (exact) mass is 250 g/mol. The number of nitrogens with two attached hydrogens (primary N) is 1. The number of nitrogen functional groups attached to an aromatic ring is 1. The molecule has 1 aromatic heterocycles. The third-order valence-electron chi connectivity index (χ3n) is 3.81. The predicted octanol–water partition coefficient (Wildman–Crippen LogP) is 2.08. The summed E-state index contributed by atoms with van der Waals surface area (Å²) in [5.41, 5.74) is 6.57. The minimum atomic E-state index is 0.454. The van der Waals surface area contributed by atoms with E-state index in [1.165, 1.54) is 32.0 Å². The number of hydrogen-bond acceptors (Lipinski definition) is 5. The lowest BCUT2D eigenvalue weighted by Gasteiger charge is -2.35. The molecule has 5 nitrogen and oxygen atoms in total. The average molecular weight is 250 g/mol. The summed E-state index contributed by atoms with van der Waals surface area (Å²) in [5, 5.41) is 0. The van der Waals surface area contributed by atoms with Crippen LogP contribution in [0.3, 0.4) is 0 Å². The van der Waals surface area contributed by atoms with E-state index in [-0.39, 0.29) is 0 Å². The highest BCUT2D eigenvalue weighted by atomic mass is 16.5. The lowest BCUT2D eigenvalue weighted by molar-refractivity contribution is 0.335. The first-order chi connectivity index (χ1) is 8.63. The molecule has 0 radical (unpaired) electrons. The van der Waals surface area contributed by atoms with E-state index in [1.54, 1.807) is 7.11 Å². The van der Waals surface area contributed by atoms with Gasteiger partial charge in [-0.05, 0) is 18.8 Å². The fourth-order valence-electron chi connectivity index (χ4n) is 2.74. The zero-order valence-corrected chi connectivity index (χ0v) is 11.4. The molecule has 0 aromatic carbocycles. The first-order valence-corrected chi connectivity index (χ1v) is 6.50. The van der Waals surface area contributed by atoms with Gasteiger partial charge >= 0.3 is 0 Å². The smallest absolute Gasteiger partial charge is 0.242 e. The summed E-state index contributed by atoms with van der Waals surface area (Å²) in [5.74, 6) is 2.01. The van der Waals surface area contributed by atoms with Gasteiger partial charge in [0, 0.05) is 13.1 Å². The lowest BCUT2D eigenvalue weighted by atomic mass is 9.86. The van der Waals surface area contributed by atoms with Crippen molar-refractivity contribution in [1.29, 1.82) is 0 Å². The minimum absolute atomic E-state index is 0.454. The van der Waals surface area contributed by atoms with Crippen molar-refractivity contribution in [1.82, 2.24) is 9.97 Å². The second-order valence-electron chi connectivity index (χ2n) is 5.16. The number of hydrogen-bond donors (Lipinski definition) is 1. The Morgan fingerprint density at radius 2 is 2.17 bits per heavy atom. The van der Waals surface area contributed by atoms with Crippen LogP contribution in [-0.2, 0) is 0 Å². The van der Waals surface area contributed by atoms with E-state index in [9.17, 15) is 0 Å². The van der Waals surface area contributed by atoms with Crippen molar-refractivity contribution in [2.45, 2.75) is 38.6 Å². The van der Waals surface area contributed by atoms with Crippen LogP contribution < -0.4 is 15.4 Å². The Bertz CT molecular complexity index is 410.